The van der Waals surface area contributed by atoms with Gasteiger partial charge in [0.25, 0.3) is 0 Å². The maximum Gasteiger partial charge on any atom is 0.191 e. The molecule has 0 atom stereocenters. The Hall–Kier alpha value is -2.21. The molecule has 20 heavy (non-hydrogen) atoms. The van der Waals surface area contributed by atoms with Crippen LogP contribution in [0.3, 0.4) is 0 Å². The molecule has 0 saturated carbocycles. The van der Waals surface area contributed by atoms with Crippen LogP contribution in [-0.2, 0) is 6.61 Å². The van der Waals surface area contributed by atoms with Gasteiger partial charge in [0.2, 0.25) is 0 Å². The van der Waals surface area contributed by atoms with Crippen molar-refractivity contribution in [3.63, 3.8) is 0 Å². The molecule has 3 heterocycles. The van der Waals surface area contributed by atoms with Gasteiger partial charge in [-0.1, -0.05) is 11.6 Å². The average molecular weight is 291 g/mol. The van der Waals surface area contributed by atoms with Crippen molar-refractivity contribution in [1.29, 1.82) is 0 Å². The van der Waals surface area contributed by atoms with Crippen molar-refractivity contribution >= 4 is 22.6 Å². The van der Waals surface area contributed by atoms with Crippen LogP contribution in [0.2, 0.25) is 5.15 Å². The molecule has 3 rings (SSSR count). The minimum atomic E-state index is 0.315. The minimum Gasteiger partial charge on any atom is -0.485 e. The number of aromatic nitrogens is 4. The highest BCUT2D eigenvalue weighted by atomic mass is 35.5. The molecule has 3 aromatic heterocycles. The number of oxazole rings is 1. The molecule has 0 aliphatic carbocycles. The van der Waals surface area contributed by atoms with E-state index in [-0.39, 0.29) is 0 Å². The molecular formula is C13H11ClN4O2. The lowest BCUT2D eigenvalue weighted by molar-refractivity contribution is 0.299. The molecule has 0 radical (unpaired) electrons. The molecule has 0 amide bonds. The highest BCUT2D eigenvalue weighted by Crippen LogP contribution is 2.21. The van der Waals surface area contributed by atoms with Crippen molar-refractivity contribution in [2.24, 2.45) is 0 Å². The SMILES string of the molecule is Cc1nc(COc2cnc3c(Cl)ncnc3c2)c(C)o1. The van der Waals surface area contributed by atoms with Crippen LogP contribution in [0.5, 0.6) is 5.75 Å². The van der Waals surface area contributed by atoms with Crippen LogP contribution in [0.25, 0.3) is 11.0 Å². The molecule has 0 unspecified atom stereocenters. The van der Waals surface area contributed by atoms with E-state index in [4.69, 9.17) is 20.8 Å². The third-order valence-electron chi connectivity index (χ3n) is 2.78. The summed E-state index contributed by atoms with van der Waals surface area (Å²) in [5.74, 6) is 1.96. The van der Waals surface area contributed by atoms with Crippen molar-refractivity contribution in [3.05, 3.63) is 41.1 Å². The summed E-state index contributed by atoms with van der Waals surface area (Å²) < 4.78 is 11.0. The summed E-state index contributed by atoms with van der Waals surface area (Å²) in [6.45, 7) is 3.96. The van der Waals surface area contributed by atoms with Crippen molar-refractivity contribution in [2.45, 2.75) is 20.5 Å². The quantitative estimate of drug-likeness (QED) is 0.691. The summed E-state index contributed by atoms with van der Waals surface area (Å²) in [6.07, 6.45) is 2.97. The van der Waals surface area contributed by atoms with Crippen molar-refractivity contribution < 1.29 is 9.15 Å². The number of halogens is 1. The molecule has 0 aromatic carbocycles. The van der Waals surface area contributed by atoms with Gasteiger partial charge in [0.05, 0.1) is 11.7 Å². The average Bonchev–Trinajstić information content (AvgIpc) is 2.75. The number of fused-ring (bicyclic) bond motifs is 1. The van der Waals surface area contributed by atoms with Gasteiger partial charge in [-0.25, -0.2) is 19.9 Å². The van der Waals surface area contributed by atoms with Crippen LogP contribution in [0.1, 0.15) is 17.3 Å². The molecule has 0 aliphatic heterocycles. The van der Waals surface area contributed by atoms with Gasteiger partial charge in [-0.15, -0.1) is 0 Å². The van der Waals surface area contributed by atoms with Gasteiger partial charge in [0, 0.05) is 13.0 Å². The van der Waals surface area contributed by atoms with Gasteiger partial charge in [-0.2, -0.15) is 0 Å². The number of nitrogens with zero attached hydrogens (tertiary/aromatic N) is 4. The maximum absolute atomic E-state index is 5.93. The van der Waals surface area contributed by atoms with Crippen LogP contribution in [0, 0.1) is 13.8 Å². The Kier molecular flexibility index (Phi) is 3.23. The van der Waals surface area contributed by atoms with Crippen LogP contribution >= 0.6 is 11.6 Å². The largest absolute Gasteiger partial charge is 0.485 e. The predicted molar refractivity (Wildman–Crippen MR) is 72.7 cm³/mol. The molecule has 102 valence electrons. The predicted octanol–water partition coefficient (Wildman–Crippen LogP) is 2.86. The molecule has 0 aliphatic rings. The van der Waals surface area contributed by atoms with Crippen LogP contribution in [0.4, 0.5) is 0 Å². The maximum atomic E-state index is 5.93. The normalized spacial score (nSPS) is 10.9. The summed E-state index contributed by atoms with van der Waals surface area (Å²) in [4.78, 5) is 16.4. The highest BCUT2D eigenvalue weighted by Gasteiger charge is 2.09. The number of rotatable bonds is 3. The number of hydrogen-bond acceptors (Lipinski definition) is 6. The molecule has 6 nitrogen and oxygen atoms in total. The number of ether oxygens (including phenoxy) is 1. The second kappa shape index (κ2) is 5.05. The zero-order valence-electron chi connectivity index (χ0n) is 10.9. The fraction of sp³-hybridized carbons (Fsp3) is 0.231. The van der Waals surface area contributed by atoms with Crippen molar-refractivity contribution in [3.8, 4) is 5.75 Å². The zero-order chi connectivity index (χ0) is 14.1. The van der Waals surface area contributed by atoms with Crippen LogP contribution < -0.4 is 4.74 Å². The van der Waals surface area contributed by atoms with E-state index < -0.39 is 0 Å². The fourth-order valence-corrected chi connectivity index (χ4v) is 2.02. The molecule has 0 fully saturated rings. The summed E-state index contributed by atoms with van der Waals surface area (Å²) in [5.41, 5.74) is 1.95. The molecule has 0 saturated heterocycles. The van der Waals surface area contributed by atoms with Gasteiger partial charge in [0.15, 0.2) is 11.0 Å². The Balaban J connectivity index is 1.83. The van der Waals surface area contributed by atoms with Crippen molar-refractivity contribution in [2.75, 3.05) is 0 Å². The standard InChI is InChI=1S/C13H11ClN4O2/c1-7-11(18-8(2)20-7)5-19-9-3-10-12(15-4-9)13(14)17-6-16-10/h3-4,6H,5H2,1-2H3. The van der Waals surface area contributed by atoms with E-state index in [1.807, 2.05) is 6.92 Å². The lowest BCUT2D eigenvalue weighted by Crippen LogP contribution is -1.98. The first-order chi connectivity index (χ1) is 9.63. The first-order valence-electron chi connectivity index (χ1n) is 5.95. The van der Waals surface area contributed by atoms with Crippen LogP contribution in [0.15, 0.2) is 23.0 Å². The molecule has 0 N–H and O–H groups in total. The molecular weight excluding hydrogens is 280 g/mol. The van der Waals surface area contributed by atoms with Gasteiger partial charge in [-0.3, -0.25) is 0 Å². The van der Waals surface area contributed by atoms with E-state index in [2.05, 4.69) is 19.9 Å². The summed E-state index contributed by atoms with van der Waals surface area (Å²) in [5, 5.41) is 0.324. The van der Waals surface area contributed by atoms with E-state index in [1.165, 1.54) is 6.33 Å². The number of pyridine rings is 1. The lowest BCUT2D eigenvalue weighted by Gasteiger charge is -2.05. The third kappa shape index (κ3) is 2.42. The van der Waals surface area contributed by atoms with E-state index in [0.29, 0.717) is 34.4 Å². The summed E-state index contributed by atoms with van der Waals surface area (Å²) in [7, 11) is 0. The first kappa shape index (κ1) is 12.8. The summed E-state index contributed by atoms with van der Waals surface area (Å²) >= 11 is 5.93. The van der Waals surface area contributed by atoms with E-state index in [1.54, 1.807) is 19.2 Å². The Morgan fingerprint density at radius 2 is 2.10 bits per heavy atom. The number of hydrogen-bond donors (Lipinski definition) is 0. The van der Waals surface area contributed by atoms with Gasteiger partial charge in [0.1, 0.15) is 35.7 Å². The van der Waals surface area contributed by atoms with Gasteiger partial charge < -0.3 is 9.15 Å². The summed E-state index contributed by atoms with van der Waals surface area (Å²) in [6, 6.07) is 1.76. The number of aryl methyl sites for hydroxylation is 2. The topological polar surface area (TPSA) is 73.9 Å². The highest BCUT2D eigenvalue weighted by molar-refractivity contribution is 6.33. The second-order valence-electron chi connectivity index (χ2n) is 4.23. The lowest BCUT2D eigenvalue weighted by atomic mass is 10.3. The minimum absolute atomic E-state index is 0.315. The third-order valence-corrected chi connectivity index (χ3v) is 3.06. The van der Waals surface area contributed by atoms with Crippen LogP contribution in [-0.4, -0.2) is 19.9 Å². The molecule has 0 spiro atoms. The monoisotopic (exact) mass is 290 g/mol. The van der Waals surface area contributed by atoms with E-state index >= 15 is 0 Å². The molecule has 7 heteroatoms. The smallest absolute Gasteiger partial charge is 0.191 e. The zero-order valence-corrected chi connectivity index (χ0v) is 11.7. The Morgan fingerprint density at radius 1 is 1.25 bits per heavy atom. The van der Waals surface area contributed by atoms with Crippen molar-refractivity contribution in [1.82, 2.24) is 19.9 Å². The van der Waals surface area contributed by atoms with E-state index in [0.717, 1.165) is 11.5 Å². The Labute approximate surface area is 119 Å². The van der Waals surface area contributed by atoms with Gasteiger partial charge in [-0.05, 0) is 6.92 Å². The first-order valence-corrected chi connectivity index (χ1v) is 6.33. The molecule has 3 aromatic rings. The second-order valence-corrected chi connectivity index (χ2v) is 4.59. The van der Waals surface area contributed by atoms with Gasteiger partial charge >= 0.3 is 0 Å². The van der Waals surface area contributed by atoms with E-state index in [9.17, 15) is 0 Å². The Morgan fingerprint density at radius 3 is 2.85 bits per heavy atom. The Bertz CT molecular complexity index is 772. The fourth-order valence-electron chi connectivity index (χ4n) is 1.83. The molecule has 0 bridgehead atoms.